The van der Waals surface area contributed by atoms with Crippen LogP contribution in [0, 0.1) is 11.3 Å². The summed E-state index contributed by atoms with van der Waals surface area (Å²) in [4.78, 5) is 9.59. The Morgan fingerprint density at radius 3 is 2.59 bits per heavy atom. The Hall–Kier alpha value is -2.82. The summed E-state index contributed by atoms with van der Waals surface area (Å²) in [5, 5.41) is 9.31. The Bertz CT molecular complexity index is 842. The van der Waals surface area contributed by atoms with E-state index < -0.39 is 17.6 Å². The number of halogens is 3. The molecule has 0 aliphatic heterocycles. The Balaban J connectivity index is 2.03. The van der Waals surface area contributed by atoms with Crippen LogP contribution in [0.2, 0.25) is 0 Å². The molecule has 0 unspecified atom stereocenters. The molecule has 2 aromatic rings. The van der Waals surface area contributed by atoms with Gasteiger partial charge in [0, 0.05) is 12.7 Å². The highest BCUT2D eigenvalue weighted by molar-refractivity contribution is 5.65. The monoisotopic (exact) mass is 376 g/mol. The first-order chi connectivity index (χ1) is 12.9. The van der Waals surface area contributed by atoms with Crippen LogP contribution in [-0.4, -0.2) is 22.6 Å². The van der Waals surface area contributed by atoms with Gasteiger partial charge in [-0.05, 0) is 44.7 Å². The summed E-state index contributed by atoms with van der Waals surface area (Å²) in [5.74, 6) is -0.381. The molecule has 3 rings (SSSR count). The van der Waals surface area contributed by atoms with Crippen LogP contribution in [-0.2, 0) is 6.18 Å². The fraction of sp³-hybridized carbons (Fsp3) is 0.421. The molecule has 1 aromatic carbocycles. The number of rotatable bonds is 5. The molecule has 142 valence electrons. The molecule has 1 fully saturated rings. The van der Waals surface area contributed by atoms with E-state index in [2.05, 4.69) is 16.0 Å². The summed E-state index contributed by atoms with van der Waals surface area (Å²) < 4.78 is 45.7. The molecule has 0 saturated heterocycles. The fourth-order valence-electron chi connectivity index (χ4n) is 3.16. The predicted molar refractivity (Wildman–Crippen MR) is 93.8 cm³/mol. The normalized spacial score (nSPS) is 14.8. The Labute approximate surface area is 155 Å². The number of nitriles is 1. The molecule has 0 radical (unpaired) electrons. The lowest BCUT2D eigenvalue weighted by Crippen LogP contribution is -2.23. The van der Waals surface area contributed by atoms with Gasteiger partial charge < -0.3 is 9.64 Å². The lowest BCUT2D eigenvalue weighted by molar-refractivity contribution is -0.139. The van der Waals surface area contributed by atoms with Crippen molar-refractivity contribution in [2.45, 2.75) is 44.9 Å². The number of anilines is 2. The van der Waals surface area contributed by atoms with Gasteiger partial charge in [0.2, 0.25) is 11.8 Å². The minimum Gasteiger partial charge on any atom is -0.474 e. The molecule has 1 aliphatic carbocycles. The highest BCUT2D eigenvalue weighted by atomic mass is 19.4. The first kappa shape index (κ1) is 19.0. The van der Waals surface area contributed by atoms with Crippen molar-refractivity contribution in [3.05, 3.63) is 41.6 Å². The van der Waals surface area contributed by atoms with Crippen LogP contribution in [0.15, 0.2) is 30.5 Å². The third-order valence-corrected chi connectivity index (χ3v) is 4.50. The number of ether oxygens (including phenoxy) is 1. The van der Waals surface area contributed by atoms with E-state index in [-0.39, 0.29) is 12.1 Å². The predicted octanol–water partition coefficient (Wildman–Crippen LogP) is 4.85. The smallest absolute Gasteiger partial charge is 0.423 e. The summed E-state index contributed by atoms with van der Waals surface area (Å²) in [5.41, 5.74) is -0.0574. The average molecular weight is 376 g/mol. The molecular formula is C19H19F3N4O. The van der Waals surface area contributed by atoms with Crippen molar-refractivity contribution in [3.8, 4) is 11.9 Å². The summed E-state index contributed by atoms with van der Waals surface area (Å²) in [6.07, 6.45) is -0.827. The topological polar surface area (TPSA) is 62.0 Å². The maximum atomic E-state index is 13.4. The fourth-order valence-corrected chi connectivity index (χ4v) is 3.16. The molecule has 5 nitrogen and oxygen atoms in total. The van der Waals surface area contributed by atoms with Gasteiger partial charge in [-0.1, -0.05) is 12.1 Å². The van der Waals surface area contributed by atoms with Gasteiger partial charge in [0.25, 0.3) is 0 Å². The van der Waals surface area contributed by atoms with E-state index in [1.165, 1.54) is 0 Å². The van der Waals surface area contributed by atoms with E-state index >= 15 is 0 Å². The van der Waals surface area contributed by atoms with Gasteiger partial charge in [-0.25, -0.2) is 4.98 Å². The van der Waals surface area contributed by atoms with Gasteiger partial charge in [0.15, 0.2) is 0 Å². The number of alkyl halides is 3. The molecule has 1 aliphatic rings. The SMILES string of the molecule is CCN(c1ncc(C(F)(F)F)c(OC2CCCC2)n1)c1ccccc1C#N. The third-order valence-electron chi connectivity index (χ3n) is 4.50. The minimum absolute atomic E-state index is 0.0706. The van der Waals surface area contributed by atoms with Crippen molar-refractivity contribution in [3.63, 3.8) is 0 Å². The first-order valence-electron chi connectivity index (χ1n) is 8.81. The average Bonchev–Trinajstić information content (AvgIpc) is 3.15. The van der Waals surface area contributed by atoms with Crippen molar-refractivity contribution in [1.82, 2.24) is 9.97 Å². The van der Waals surface area contributed by atoms with Gasteiger partial charge in [-0.15, -0.1) is 0 Å². The zero-order valence-electron chi connectivity index (χ0n) is 14.8. The second kappa shape index (κ2) is 7.82. The molecule has 1 aromatic heterocycles. The van der Waals surface area contributed by atoms with Crippen LogP contribution < -0.4 is 9.64 Å². The van der Waals surface area contributed by atoms with Gasteiger partial charge in [-0.2, -0.15) is 23.4 Å². The van der Waals surface area contributed by atoms with Crippen molar-refractivity contribution >= 4 is 11.6 Å². The van der Waals surface area contributed by atoms with Crippen LogP contribution in [0.3, 0.4) is 0 Å². The molecular weight excluding hydrogens is 357 g/mol. The first-order valence-corrected chi connectivity index (χ1v) is 8.81. The maximum absolute atomic E-state index is 13.4. The van der Waals surface area contributed by atoms with Crippen LogP contribution >= 0.6 is 0 Å². The number of hydrogen-bond donors (Lipinski definition) is 0. The highest BCUT2D eigenvalue weighted by Crippen LogP contribution is 2.38. The van der Waals surface area contributed by atoms with Crippen molar-refractivity contribution in [2.24, 2.45) is 0 Å². The van der Waals surface area contributed by atoms with E-state index in [1.807, 2.05) is 6.92 Å². The second-order valence-corrected chi connectivity index (χ2v) is 6.28. The molecule has 1 heterocycles. The lowest BCUT2D eigenvalue weighted by Gasteiger charge is -2.24. The van der Waals surface area contributed by atoms with Gasteiger partial charge >= 0.3 is 6.18 Å². The van der Waals surface area contributed by atoms with Crippen LogP contribution in [0.25, 0.3) is 0 Å². The molecule has 8 heteroatoms. The van der Waals surface area contributed by atoms with Crippen molar-refractivity contribution in [2.75, 3.05) is 11.4 Å². The van der Waals surface area contributed by atoms with E-state index in [4.69, 9.17) is 4.74 Å². The molecule has 0 amide bonds. The summed E-state index contributed by atoms with van der Waals surface area (Å²) in [6, 6.07) is 8.90. The van der Waals surface area contributed by atoms with Crippen LogP contribution in [0.1, 0.15) is 43.7 Å². The summed E-state index contributed by atoms with van der Waals surface area (Å²) in [7, 11) is 0. The summed E-state index contributed by atoms with van der Waals surface area (Å²) in [6.45, 7) is 2.19. The zero-order chi connectivity index (χ0) is 19.4. The van der Waals surface area contributed by atoms with Crippen molar-refractivity contribution < 1.29 is 17.9 Å². The van der Waals surface area contributed by atoms with Crippen molar-refractivity contribution in [1.29, 1.82) is 5.26 Å². The highest BCUT2D eigenvalue weighted by Gasteiger charge is 2.37. The largest absolute Gasteiger partial charge is 0.474 e. The number of nitrogens with zero attached hydrogens (tertiary/aromatic N) is 4. The van der Waals surface area contributed by atoms with E-state index in [0.717, 1.165) is 19.0 Å². The molecule has 0 N–H and O–H groups in total. The van der Waals surface area contributed by atoms with Gasteiger partial charge in [-0.3, -0.25) is 0 Å². The van der Waals surface area contributed by atoms with Gasteiger partial charge in [0.05, 0.1) is 11.3 Å². The Kier molecular flexibility index (Phi) is 5.49. The lowest BCUT2D eigenvalue weighted by atomic mass is 10.2. The molecule has 0 spiro atoms. The Morgan fingerprint density at radius 2 is 1.96 bits per heavy atom. The van der Waals surface area contributed by atoms with Gasteiger partial charge in [0.1, 0.15) is 17.7 Å². The number of para-hydroxylation sites is 1. The number of benzene rings is 1. The molecule has 0 bridgehead atoms. The molecule has 27 heavy (non-hydrogen) atoms. The standard InChI is InChI=1S/C19H19F3N4O/c1-2-26(16-10-6-3-7-13(16)11-23)18-24-12-15(19(20,21)22)17(25-18)27-14-8-4-5-9-14/h3,6-7,10,12,14H,2,4-5,8-9H2,1H3. The quantitative estimate of drug-likeness (QED) is 0.747. The van der Waals surface area contributed by atoms with Crippen LogP contribution in [0.5, 0.6) is 5.88 Å². The number of aromatic nitrogens is 2. The molecule has 1 saturated carbocycles. The Morgan fingerprint density at radius 1 is 1.26 bits per heavy atom. The van der Waals surface area contributed by atoms with Crippen LogP contribution in [0.4, 0.5) is 24.8 Å². The third kappa shape index (κ3) is 4.13. The van der Waals surface area contributed by atoms with E-state index in [9.17, 15) is 18.4 Å². The molecule has 0 atom stereocenters. The number of hydrogen-bond acceptors (Lipinski definition) is 5. The minimum atomic E-state index is -4.60. The van der Waals surface area contributed by atoms with E-state index in [0.29, 0.717) is 30.6 Å². The van der Waals surface area contributed by atoms with E-state index in [1.54, 1.807) is 29.2 Å². The maximum Gasteiger partial charge on any atom is 0.423 e. The zero-order valence-corrected chi connectivity index (χ0v) is 14.8. The summed E-state index contributed by atoms with van der Waals surface area (Å²) >= 11 is 0. The second-order valence-electron chi connectivity index (χ2n) is 6.28.